The summed E-state index contributed by atoms with van der Waals surface area (Å²) in [5.41, 5.74) is 0.884. The zero-order valence-electron chi connectivity index (χ0n) is 9.09. The third kappa shape index (κ3) is 2.38. The zero-order chi connectivity index (χ0) is 10.7. The Morgan fingerprint density at radius 3 is 3.13 bits per heavy atom. The Morgan fingerprint density at radius 1 is 1.60 bits per heavy atom. The van der Waals surface area contributed by atoms with Gasteiger partial charge in [0.05, 0.1) is 24.9 Å². The fourth-order valence-corrected chi connectivity index (χ4v) is 2.23. The molecule has 1 N–H and O–H groups in total. The van der Waals surface area contributed by atoms with Gasteiger partial charge in [0.1, 0.15) is 0 Å². The fraction of sp³-hybridized carbons (Fsp3) is 0.727. The largest absolute Gasteiger partial charge is 0.392 e. The molecule has 2 atom stereocenters. The Bertz CT molecular complexity index is 311. The van der Waals surface area contributed by atoms with Crippen molar-refractivity contribution >= 4 is 0 Å². The Labute approximate surface area is 89.9 Å². The number of ether oxygens (including phenoxy) is 1. The molecule has 0 saturated heterocycles. The van der Waals surface area contributed by atoms with E-state index in [1.165, 1.54) is 6.42 Å². The van der Waals surface area contributed by atoms with Crippen LogP contribution in [0.1, 0.15) is 37.3 Å². The summed E-state index contributed by atoms with van der Waals surface area (Å²) in [5.74, 6) is 0. The highest BCUT2D eigenvalue weighted by atomic mass is 16.5. The second kappa shape index (κ2) is 4.77. The topological polar surface area (TPSA) is 47.3 Å². The summed E-state index contributed by atoms with van der Waals surface area (Å²) in [6.45, 7) is 0.0699. The highest BCUT2D eigenvalue weighted by Crippen LogP contribution is 2.29. The molecule has 1 aliphatic rings. The molecule has 1 aliphatic carbocycles. The number of aliphatic hydroxyl groups excluding tert-OH is 1. The first-order chi connectivity index (χ1) is 7.33. The Balaban J connectivity index is 2.03. The maximum atomic E-state index is 8.97. The highest BCUT2D eigenvalue weighted by Gasteiger charge is 2.23. The predicted octanol–water partition coefficient (Wildman–Crippen LogP) is 1.51. The van der Waals surface area contributed by atoms with Crippen LogP contribution in [0.2, 0.25) is 0 Å². The van der Waals surface area contributed by atoms with Gasteiger partial charge in [-0.2, -0.15) is 5.10 Å². The number of hydrogen-bond acceptors (Lipinski definition) is 3. The van der Waals surface area contributed by atoms with Crippen LogP contribution in [0, 0.1) is 0 Å². The molecule has 2 unspecified atom stereocenters. The summed E-state index contributed by atoms with van der Waals surface area (Å²) in [5, 5.41) is 13.2. The number of methoxy groups -OCH3 is 1. The van der Waals surface area contributed by atoms with Crippen LogP contribution in [0.25, 0.3) is 0 Å². The van der Waals surface area contributed by atoms with Crippen molar-refractivity contribution in [1.82, 2.24) is 9.78 Å². The van der Waals surface area contributed by atoms with Crippen molar-refractivity contribution in [1.29, 1.82) is 0 Å². The minimum Gasteiger partial charge on any atom is -0.392 e. The lowest BCUT2D eigenvalue weighted by Crippen LogP contribution is -2.24. The zero-order valence-corrected chi connectivity index (χ0v) is 9.09. The van der Waals surface area contributed by atoms with E-state index in [2.05, 4.69) is 5.10 Å². The Morgan fingerprint density at radius 2 is 2.47 bits per heavy atom. The molecule has 0 radical (unpaired) electrons. The van der Waals surface area contributed by atoms with E-state index in [-0.39, 0.29) is 6.61 Å². The van der Waals surface area contributed by atoms with Crippen molar-refractivity contribution in [2.45, 2.75) is 44.4 Å². The van der Waals surface area contributed by atoms with Gasteiger partial charge in [-0.15, -0.1) is 0 Å². The van der Waals surface area contributed by atoms with Gasteiger partial charge in [0, 0.05) is 18.9 Å². The lowest BCUT2D eigenvalue weighted by molar-refractivity contribution is 0.0508. The molecule has 0 amide bonds. The molecule has 0 spiro atoms. The first kappa shape index (κ1) is 10.6. The molecule has 1 saturated carbocycles. The number of aromatic nitrogens is 2. The molecule has 0 aromatic carbocycles. The minimum atomic E-state index is 0.0699. The molecule has 1 aromatic rings. The molecule has 0 aliphatic heterocycles. The molecule has 2 rings (SSSR count). The van der Waals surface area contributed by atoms with Gasteiger partial charge >= 0.3 is 0 Å². The van der Waals surface area contributed by atoms with Gasteiger partial charge in [0.15, 0.2) is 0 Å². The number of hydrogen-bond donors (Lipinski definition) is 1. The van der Waals surface area contributed by atoms with E-state index in [0.717, 1.165) is 24.8 Å². The van der Waals surface area contributed by atoms with Crippen molar-refractivity contribution in [2.75, 3.05) is 7.11 Å². The van der Waals surface area contributed by atoms with E-state index in [4.69, 9.17) is 9.84 Å². The summed E-state index contributed by atoms with van der Waals surface area (Å²) < 4.78 is 7.35. The summed E-state index contributed by atoms with van der Waals surface area (Å²) in [4.78, 5) is 0. The van der Waals surface area contributed by atoms with Gasteiger partial charge in [-0.1, -0.05) is 0 Å². The second-order valence-corrected chi connectivity index (χ2v) is 4.16. The molecule has 4 heteroatoms. The van der Waals surface area contributed by atoms with Crippen molar-refractivity contribution < 1.29 is 9.84 Å². The fourth-order valence-electron chi connectivity index (χ4n) is 2.23. The molecule has 15 heavy (non-hydrogen) atoms. The summed E-state index contributed by atoms with van der Waals surface area (Å²) in [7, 11) is 1.77. The van der Waals surface area contributed by atoms with Crippen molar-refractivity contribution in [3.63, 3.8) is 0 Å². The first-order valence-electron chi connectivity index (χ1n) is 5.50. The van der Waals surface area contributed by atoms with Gasteiger partial charge in [-0.05, 0) is 25.7 Å². The van der Waals surface area contributed by atoms with Crippen LogP contribution in [0.15, 0.2) is 12.4 Å². The molecular weight excluding hydrogens is 192 g/mol. The minimum absolute atomic E-state index is 0.0699. The molecule has 1 aromatic heterocycles. The van der Waals surface area contributed by atoms with Crippen LogP contribution >= 0.6 is 0 Å². The van der Waals surface area contributed by atoms with Gasteiger partial charge in [0.2, 0.25) is 0 Å². The van der Waals surface area contributed by atoms with Crippen LogP contribution in [0.3, 0.4) is 0 Å². The smallest absolute Gasteiger partial charge is 0.0712 e. The predicted molar refractivity (Wildman–Crippen MR) is 56.5 cm³/mol. The van der Waals surface area contributed by atoms with Crippen molar-refractivity contribution in [2.24, 2.45) is 0 Å². The van der Waals surface area contributed by atoms with Gasteiger partial charge < -0.3 is 9.84 Å². The summed E-state index contributed by atoms with van der Waals surface area (Å²) in [6.07, 6.45) is 8.57. The maximum absolute atomic E-state index is 8.97. The lowest BCUT2D eigenvalue weighted by Gasteiger charge is -2.28. The Kier molecular flexibility index (Phi) is 3.38. The molecule has 0 bridgehead atoms. The average molecular weight is 210 g/mol. The van der Waals surface area contributed by atoms with E-state index in [9.17, 15) is 0 Å². The summed E-state index contributed by atoms with van der Waals surface area (Å²) >= 11 is 0. The third-order valence-corrected chi connectivity index (χ3v) is 3.14. The van der Waals surface area contributed by atoms with Crippen LogP contribution in [-0.2, 0) is 11.3 Å². The van der Waals surface area contributed by atoms with E-state index in [0.29, 0.717) is 12.1 Å². The number of aliphatic hydroxyl groups is 1. The summed E-state index contributed by atoms with van der Waals surface area (Å²) in [6, 6.07) is 0.434. The third-order valence-electron chi connectivity index (χ3n) is 3.14. The SMILES string of the molecule is COC1CCCC(n2cc(CO)cn2)C1. The first-order valence-corrected chi connectivity index (χ1v) is 5.50. The number of nitrogens with zero attached hydrogens (tertiary/aromatic N) is 2. The lowest BCUT2D eigenvalue weighted by atomic mass is 9.93. The standard InChI is InChI=1S/C11H18N2O2/c1-15-11-4-2-3-10(5-11)13-7-9(8-14)6-12-13/h6-7,10-11,14H,2-5,8H2,1H3. The second-order valence-electron chi connectivity index (χ2n) is 4.16. The maximum Gasteiger partial charge on any atom is 0.0712 e. The average Bonchev–Trinajstić information content (AvgIpc) is 2.78. The van der Waals surface area contributed by atoms with Crippen molar-refractivity contribution in [3.8, 4) is 0 Å². The van der Waals surface area contributed by atoms with Crippen LogP contribution < -0.4 is 0 Å². The van der Waals surface area contributed by atoms with Crippen LogP contribution in [0.5, 0.6) is 0 Å². The monoisotopic (exact) mass is 210 g/mol. The normalized spacial score (nSPS) is 26.8. The van der Waals surface area contributed by atoms with E-state index in [1.54, 1.807) is 13.3 Å². The van der Waals surface area contributed by atoms with Gasteiger partial charge in [-0.25, -0.2) is 0 Å². The van der Waals surface area contributed by atoms with Crippen LogP contribution in [0.4, 0.5) is 0 Å². The molecular formula is C11H18N2O2. The highest BCUT2D eigenvalue weighted by molar-refractivity contribution is 5.02. The van der Waals surface area contributed by atoms with Crippen LogP contribution in [-0.4, -0.2) is 28.1 Å². The Hall–Kier alpha value is -0.870. The van der Waals surface area contributed by atoms with Gasteiger partial charge in [0.25, 0.3) is 0 Å². The molecule has 1 fully saturated rings. The van der Waals surface area contributed by atoms with Crippen molar-refractivity contribution in [3.05, 3.63) is 18.0 Å². The van der Waals surface area contributed by atoms with E-state index < -0.39 is 0 Å². The molecule has 1 heterocycles. The number of rotatable bonds is 3. The molecule has 4 nitrogen and oxygen atoms in total. The van der Waals surface area contributed by atoms with Gasteiger partial charge in [-0.3, -0.25) is 4.68 Å². The molecule has 84 valence electrons. The quantitative estimate of drug-likeness (QED) is 0.822. The van der Waals surface area contributed by atoms with E-state index >= 15 is 0 Å². The van der Waals surface area contributed by atoms with E-state index in [1.807, 2.05) is 10.9 Å².